The zero-order valence-corrected chi connectivity index (χ0v) is 13.7. The molecule has 0 aliphatic heterocycles. The highest BCUT2D eigenvalue weighted by Gasteiger charge is 2.12. The first-order valence-corrected chi connectivity index (χ1v) is 7.36. The van der Waals surface area contributed by atoms with E-state index in [-0.39, 0.29) is 11.5 Å². The van der Waals surface area contributed by atoms with Gasteiger partial charge in [-0.1, -0.05) is 0 Å². The molecule has 118 valence electrons. The molecule has 0 aliphatic rings. The summed E-state index contributed by atoms with van der Waals surface area (Å²) in [5.74, 6) is 0.460. The molecule has 0 fully saturated rings. The lowest BCUT2D eigenvalue weighted by molar-refractivity contribution is -0.384. The molecule has 0 spiro atoms. The number of ketones is 1. The second-order valence-corrected chi connectivity index (χ2v) is 5.35. The van der Waals surface area contributed by atoms with E-state index in [2.05, 4.69) is 21.2 Å². The van der Waals surface area contributed by atoms with Crippen LogP contribution in [-0.2, 0) is 0 Å². The molecule has 0 saturated carbocycles. The smallest absolute Gasteiger partial charge is 0.269 e. The molecule has 0 atom stereocenters. The summed E-state index contributed by atoms with van der Waals surface area (Å²) in [4.78, 5) is 22.3. The van der Waals surface area contributed by atoms with Crippen molar-refractivity contribution >= 4 is 33.1 Å². The predicted molar refractivity (Wildman–Crippen MR) is 91.1 cm³/mol. The Hall–Kier alpha value is -2.67. The molecule has 1 N–H and O–H groups in total. The predicted octanol–water partition coefficient (Wildman–Crippen LogP) is 4.13. The van der Waals surface area contributed by atoms with Crippen molar-refractivity contribution in [2.75, 3.05) is 12.4 Å². The highest BCUT2D eigenvalue weighted by Crippen LogP contribution is 2.19. The van der Waals surface area contributed by atoms with Crippen LogP contribution in [0.2, 0.25) is 0 Å². The summed E-state index contributed by atoms with van der Waals surface area (Å²) in [6.07, 6.45) is 1.52. The average molecular weight is 377 g/mol. The van der Waals surface area contributed by atoms with Crippen LogP contribution in [0.5, 0.6) is 5.75 Å². The number of methoxy groups -OCH3 is 1. The van der Waals surface area contributed by atoms with E-state index in [0.29, 0.717) is 10.0 Å². The van der Waals surface area contributed by atoms with Gasteiger partial charge in [0, 0.05) is 29.6 Å². The molecule has 23 heavy (non-hydrogen) atoms. The average Bonchev–Trinajstić information content (AvgIpc) is 2.59. The summed E-state index contributed by atoms with van der Waals surface area (Å²) in [6, 6.07) is 12.6. The molecule has 6 nitrogen and oxygen atoms in total. The lowest BCUT2D eigenvalue weighted by Gasteiger charge is -2.04. The monoisotopic (exact) mass is 376 g/mol. The Morgan fingerprint density at radius 3 is 2.30 bits per heavy atom. The number of hydrogen-bond donors (Lipinski definition) is 1. The quantitative estimate of drug-likeness (QED) is 0.354. The molecule has 0 radical (unpaired) electrons. The minimum Gasteiger partial charge on any atom is -0.497 e. The Morgan fingerprint density at radius 2 is 1.78 bits per heavy atom. The fraction of sp³-hybridized carbons (Fsp3) is 0.0625. The summed E-state index contributed by atoms with van der Waals surface area (Å²) in [5, 5.41) is 13.6. The maximum atomic E-state index is 12.2. The van der Waals surface area contributed by atoms with Crippen molar-refractivity contribution < 1.29 is 14.5 Å². The molecule has 2 aromatic rings. The first-order chi connectivity index (χ1) is 11.0. The molecule has 2 aromatic carbocycles. The molecule has 2 rings (SSSR count). The van der Waals surface area contributed by atoms with E-state index in [9.17, 15) is 14.9 Å². The number of halogens is 1. The van der Waals surface area contributed by atoms with Crippen molar-refractivity contribution in [2.45, 2.75) is 0 Å². The number of nitrogens with one attached hydrogen (secondary N) is 1. The highest BCUT2D eigenvalue weighted by molar-refractivity contribution is 9.12. The van der Waals surface area contributed by atoms with Gasteiger partial charge in [-0.25, -0.2) is 0 Å². The maximum Gasteiger partial charge on any atom is 0.269 e. The Morgan fingerprint density at radius 1 is 1.17 bits per heavy atom. The van der Waals surface area contributed by atoms with Crippen molar-refractivity contribution in [3.63, 3.8) is 0 Å². The number of carbonyl (C=O) groups excluding carboxylic acids is 1. The number of carbonyl (C=O) groups is 1. The zero-order valence-electron chi connectivity index (χ0n) is 12.2. The molecule has 0 aliphatic carbocycles. The number of nitro benzene ring substituents is 1. The summed E-state index contributed by atoms with van der Waals surface area (Å²) in [5.41, 5.74) is 1.09. The molecular weight excluding hydrogens is 364 g/mol. The highest BCUT2D eigenvalue weighted by atomic mass is 79.9. The second kappa shape index (κ2) is 7.55. The van der Waals surface area contributed by atoms with E-state index in [1.807, 2.05) is 12.1 Å². The van der Waals surface area contributed by atoms with Gasteiger partial charge in [0.15, 0.2) is 0 Å². The van der Waals surface area contributed by atoms with Crippen LogP contribution in [0, 0.1) is 10.1 Å². The second-order valence-electron chi connectivity index (χ2n) is 4.50. The SMILES string of the molecule is COc1ccc(N/C=C(\Br)C(=O)c2ccc([N+](=O)[O-])cc2)cc1. The van der Waals surface area contributed by atoms with Crippen molar-refractivity contribution in [3.8, 4) is 5.75 Å². The minimum atomic E-state index is -0.510. The fourth-order valence-electron chi connectivity index (χ4n) is 1.77. The van der Waals surface area contributed by atoms with Gasteiger partial charge in [0.1, 0.15) is 5.75 Å². The van der Waals surface area contributed by atoms with Gasteiger partial charge in [-0.3, -0.25) is 14.9 Å². The number of non-ortho nitro benzene ring substituents is 1. The molecular formula is C16H13BrN2O4. The molecule has 0 unspecified atom stereocenters. The zero-order chi connectivity index (χ0) is 16.8. The lowest BCUT2D eigenvalue weighted by Crippen LogP contribution is -2.01. The molecule has 0 heterocycles. The van der Waals surface area contributed by atoms with Crippen molar-refractivity contribution in [2.24, 2.45) is 0 Å². The van der Waals surface area contributed by atoms with Crippen LogP contribution in [0.4, 0.5) is 11.4 Å². The van der Waals surface area contributed by atoms with Crippen LogP contribution in [-0.4, -0.2) is 17.8 Å². The van der Waals surface area contributed by atoms with Gasteiger partial charge in [0.25, 0.3) is 5.69 Å². The van der Waals surface area contributed by atoms with E-state index in [0.717, 1.165) is 11.4 Å². The first-order valence-electron chi connectivity index (χ1n) is 6.56. The van der Waals surface area contributed by atoms with Crippen LogP contribution in [0.15, 0.2) is 59.2 Å². The lowest BCUT2D eigenvalue weighted by atomic mass is 10.1. The fourth-order valence-corrected chi connectivity index (χ4v) is 2.12. The Labute approximate surface area is 141 Å². The Bertz CT molecular complexity index is 740. The van der Waals surface area contributed by atoms with E-state index in [1.165, 1.54) is 30.5 Å². The number of nitro groups is 1. The van der Waals surface area contributed by atoms with Gasteiger partial charge < -0.3 is 10.1 Å². The number of rotatable bonds is 6. The largest absolute Gasteiger partial charge is 0.497 e. The Balaban J connectivity index is 2.06. The summed E-state index contributed by atoms with van der Waals surface area (Å²) >= 11 is 3.20. The maximum absolute atomic E-state index is 12.2. The third-order valence-electron chi connectivity index (χ3n) is 3.01. The van der Waals surface area contributed by atoms with E-state index in [4.69, 9.17) is 4.74 Å². The minimum absolute atomic E-state index is 0.0574. The van der Waals surface area contributed by atoms with Gasteiger partial charge in [-0.2, -0.15) is 0 Å². The molecule has 0 saturated heterocycles. The number of nitrogens with zero attached hydrogens (tertiary/aromatic N) is 1. The van der Waals surface area contributed by atoms with Gasteiger partial charge in [0.05, 0.1) is 16.5 Å². The Kier molecular flexibility index (Phi) is 5.48. The number of Topliss-reactive ketones (excluding diaryl/α,β-unsaturated/α-hetero) is 1. The summed E-state index contributed by atoms with van der Waals surface area (Å²) < 4.78 is 5.37. The normalized spacial score (nSPS) is 11.0. The van der Waals surface area contributed by atoms with Crippen molar-refractivity contribution in [1.29, 1.82) is 0 Å². The summed E-state index contributed by atoms with van der Waals surface area (Å²) in [7, 11) is 1.59. The number of benzene rings is 2. The van der Waals surface area contributed by atoms with Crippen LogP contribution < -0.4 is 10.1 Å². The van der Waals surface area contributed by atoms with Gasteiger partial charge >= 0.3 is 0 Å². The van der Waals surface area contributed by atoms with E-state index in [1.54, 1.807) is 19.2 Å². The van der Waals surface area contributed by atoms with E-state index >= 15 is 0 Å². The van der Waals surface area contributed by atoms with Gasteiger partial charge in [0.2, 0.25) is 5.78 Å². The third-order valence-corrected chi connectivity index (χ3v) is 3.60. The molecule has 0 amide bonds. The summed E-state index contributed by atoms with van der Waals surface area (Å²) in [6.45, 7) is 0. The number of ether oxygens (including phenoxy) is 1. The van der Waals surface area contributed by atoms with Crippen LogP contribution >= 0.6 is 15.9 Å². The molecule has 0 aromatic heterocycles. The standard InChI is InChI=1S/C16H13BrN2O4/c1-23-14-8-4-12(5-9-14)18-10-15(17)16(20)11-2-6-13(7-3-11)19(21)22/h2-10,18H,1H3/b15-10-. The van der Waals surface area contributed by atoms with E-state index < -0.39 is 4.92 Å². The first kappa shape index (κ1) is 16.7. The molecule has 0 bridgehead atoms. The van der Waals surface area contributed by atoms with Crippen LogP contribution in [0.1, 0.15) is 10.4 Å². The third kappa shape index (κ3) is 4.40. The number of anilines is 1. The molecule has 7 heteroatoms. The van der Waals surface area contributed by atoms with Crippen molar-refractivity contribution in [3.05, 3.63) is 74.9 Å². The van der Waals surface area contributed by atoms with Crippen molar-refractivity contribution in [1.82, 2.24) is 0 Å². The number of hydrogen-bond acceptors (Lipinski definition) is 5. The number of allylic oxidation sites excluding steroid dienone is 1. The van der Waals surface area contributed by atoms with Crippen LogP contribution in [0.3, 0.4) is 0 Å². The topological polar surface area (TPSA) is 81.5 Å². The van der Waals surface area contributed by atoms with Crippen LogP contribution in [0.25, 0.3) is 0 Å². The van der Waals surface area contributed by atoms with Gasteiger partial charge in [-0.05, 0) is 52.3 Å². The van der Waals surface area contributed by atoms with Gasteiger partial charge in [-0.15, -0.1) is 0 Å².